The van der Waals surface area contributed by atoms with Crippen LogP contribution in [0.2, 0.25) is 0 Å². The number of rotatable bonds is 3. The van der Waals surface area contributed by atoms with Gasteiger partial charge in [-0.2, -0.15) is 4.98 Å². The van der Waals surface area contributed by atoms with Crippen molar-refractivity contribution in [3.8, 4) is 11.4 Å². The third-order valence-corrected chi connectivity index (χ3v) is 5.07. The summed E-state index contributed by atoms with van der Waals surface area (Å²) in [4.78, 5) is 19.1. The van der Waals surface area contributed by atoms with Crippen LogP contribution in [0.5, 0.6) is 0 Å². The smallest absolute Gasteiger partial charge is 0.249 e. The lowest BCUT2D eigenvalue weighted by Gasteiger charge is -2.38. The van der Waals surface area contributed by atoms with Crippen LogP contribution in [-0.2, 0) is 4.79 Å². The summed E-state index contributed by atoms with van der Waals surface area (Å²) >= 11 is 0. The van der Waals surface area contributed by atoms with Crippen LogP contribution >= 0.6 is 0 Å². The molecule has 1 unspecified atom stereocenters. The highest BCUT2D eigenvalue weighted by atomic mass is 19.1. The van der Waals surface area contributed by atoms with Crippen LogP contribution in [0, 0.1) is 11.7 Å². The molecule has 1 aliphatic carbocycles. The molecule has 1 saturated heterocycles. The van der Waals surface area contributed by atoms with Crippen molar-refractivity contribution in [2.75, 3.05) is 6.54 Å². The number of amides is 1. The molecule has 0 spiro atoms. The van der Waals surface area contributed by atoms with E-state index in [-0.39, 0.29) is 23.7 Å². The molecular formula is C18H20FN3O2. The van der Waals surface area contributed by atoms with E-state index < -0.39 is 0 Å². The molecule has 2 fully saturated rings. The van der Waals surface area contributed by atoms with Crippen molar-refractivity contribution in [1.82, 2.24) is 15.0 Å². The van der Waals surface area contributed by atoms with E-state index >= 15 is 0 Å². The molecule has 5 nitrogen and oxygen atoms in total. The minimum absolute atomic E-state index is 0.131. The van der Waals surface area contributed by atoms with Crippen LogP contribution in [0.4, 0.5) is 4.39 Å². The Morgan fingerprint density at radius 2 is 1.92 bits per heavy atom. The molecule has 1 saturated carbocycles. The summed E-state index contributed by atoms with van der Waals surface area (Å²) in [7, 11) is 0. The molecule has 2 heterocycles. The first-order valence-electron chi connectivity index (χ1n) is 8.62. The van der Waals surface area contributed by atoms with Gasteiger partial charge in [0, 0.05) is 18.0 Å². The first kappa shape index (κ1) is 15.3. The number of carbonyl (C=O) groups is 1. The van der Waals surface area contributed by atoms with Gasteiger partial charge in [0.15, 0.2) is 0 Å². The number of aromatic nitrogens is 2. The average molecular weight is 329 g/mol. The van der Waals surface area contributed by atoms with Crippen LogP contribution in [0.3, 0.4) is 0 Å². The lowest BCUT2D eigenvalue weighted by atomic mass is 9.83. The van der Waals surface area contributed by atoms with Gasteiger partial charge in [-0.25, -0.2) is 4.39 Å². The molecular weight excluding hydrogens is 309 g/mol. The monoisotopic (exact) mass is 329 g/mol. The van der Waals surface area contributed by atoms with Crippen molar-refractivity contribution in [2.24, 2.45) is 5.92 Å². The fourth-order valence-electron chi connectivity index (χ4n) is 3.43. The van der Waals surface area contributed by atoms with Gasteiger partial charge in [0.05, 0.1) is 0 Å². The largest absolute Gasteiger partial charge is 0.337 e. The van der Waals surface area contributed by atoms with Crippen LogP contribution in [0.1, 0.15) is 50.5 Å². The maximum atomic E-state index is 13.0. The molecule has 1 amide bonds. The summed E-state index contributed by atoms with van der Waals surface area (Å²) in [6.45, 7) is 0.758. The van der Waals surface area contributed by atoms with Crippen molar-refractivity contribution >= 4 is 5.91 Å². The molecule has 6 heteroatoms. The molecule has 1 aliphatic heterocycles. The number of carbonyl (C=O) groups excluding carboxylic acids is 1. The lowest BCUT2D eigenvalue weighted by Crippen LogP contribution is -2.43. The summed E-state index contributed by atoms with van der Waals surface area (Å²) in [5, 5.41) is 4.02. The standard InChI is InChI=1S/C18H20FN3O2/c19-14-9-7-12(8-10-14)16-20-17(24-21-16)15-6-1-2-11-22(15)18(23)13-4-3-5-13/h7-10,13,15H,1-6,11H2. The van der Waals surface area contributed by atoms with Gasteiger partial charge >= 0.3 is 0 Å². The quantitative estimate of drug-likeness (QED) is 0.861. The predicted octanol–water partition coefficient (Wildman–Crippen LogP) is 3.73. The molecule has 0 N–H and O–H groups in total. The van der Waals surface area contributed by atoms with E-state index in [0.29, 0.717) is 17.3 Å². The van der Waals surface area contributed by atoms with Gasteiger partial charge in [0.2, 0.25) is 17.6 Å². The van der Waals surface area contributed by atoms with Crippen molar-refractivity contribution in [2.45, 2.75) is 44.6 Å². The highest BCUT2D eigenvalue weighted by Gasteiger charge is 2.37. The summed E-state index contributed by atoms with van der Waals surface area (Å²) < 4.78 is 18.5. The zero-order valence-electron chi connectivity index (χ0n) is 13.4. The number of likely N-dealkylation sites (tertiary alicyclic amines) is 1. The van der Waals surface area contributed by atoms with Crippen molar-refractivity contribution < 1.29 is 13.7 Å². The van der Waals surface area contributed by atoms with Gasteiger partial charge in [0.1, 0.15) is 11.9 Å². The van der Waals surface area contributed by atoms with E-state index in [1.807, 2.05) is 4.90 Å². The van der Waals surface area contributed by atoms with E-state index in [1.54, 1.807) is 12.1 Å². The van der Waals surface area contributed by atoms with Crippen molar-refractivity contribution in [1.29, 1.82) is 0 Å². The number of nitrogens with zero attached hydrogens (tertiary/aromatic N) is 3. The minimum atomic E-state index is -0.299. The Labute approximate surface area is 139 Å². The number of piperidine rings is 1. The summed E-state index contributed by atoms with van der Waals surface area (Å²) in [5.74, 6) is 1.03. The lowest BCUT2D eigenvalue weighted by molar-refractivity contribution is -0.142. The highest BCUT2D eigenvalue weighted by Crippen LogP contribution is 2.36. The Kier molecular flexibility index (Phi) is 4.04. The second-order valence-electron chi connectivity index (χ2n) is 6.63. The van der Waals surface area contributed by atoms with E-state index in [1.165, 1.54) is 12.1 Å². The predicted molar refractivity (Wildman–Crippen MR) is 85.3 cm³/mol. The Morgan fingerprint density at radius 3 is 2.62 bits per heavy atom. The van der Waals surface area contributed by atoms with Gasteiger partial charge in [-0.05, 0) is 56.4 Å². The Morgan fingerprint density at radius 1 is 1.12 bits per heavy atom. The molecule has 1 atom stereocenters. The number of hydrogen-bond acceptors (Lipinski definition) is 4. The summed E-state index contributed by atoms with van der Waals surface area (Å²) in [6.07, 6.45) is 6.05. The van der Waals surface area contributed by atoms with Gasteiger partial charge in [-0.3, -0.25) is 4.79 Å². The average Bonchev–Trinajstić information content (AvgIpc) is 3.04. The minimum Gasteiger partial charge on any atom is -0.337 e. The number of halogens is 1. The number of benzene rings is 1. The second-order valence-corrected chi connectivity index (χ2v) is 6.63. The zero-order chi connectivity index (χ0) is 16.5. The number of hydrogen-bond donors (Lipinski definition) is 0. The maximum absolute atomic E-state index is 13.0. The second kappa shape index (κ2) is 6.34. The first-order valence-corrected chi connectivity index (χ1v) is 8.62. The molecule has 1 aromatic heterocycles. The molecule has 126 valence electrons. The van der Waals surface area contributed by atoms with E-state index in [9.17, 15) is 9.18 Å². The molecule has 0 radical (unpaired) electrons. The SMILES string of the molecule is O=C(C1CCC1)N1CCCCC1c1nc(-c2ccc(F)cc2)no1. The van der Waals surface area contributed by atoms with Gasteiger partial charge in [0.25, 0.3) is 0 Å². The fourth-order valence-corrected chi connectivity index (χ4v) is 3.43. The molecule has 0 bridgehead atoms. The third-order valence-electron chi connectivity index (χ3n) is 5.07. The van der Waals surface area contributed by atoms with E-state index in [4.69, 9.17) is 4.52 Å². The first-order chi connectivity index (χ1) is 11.7. The molecule has 2 aliphatic rings. The van der Waals surface area contributed by atoms with E-state index in [0.717, 1.165) is 45.1 Å². The topological polar surface area (TPSA) is 59.2 Å². The van der Waals surface area contributed by atoms with E-state index in [2.05, 4.69) is 10.1 Å². The van der Waals surface area contributed by atoms with Crippen molar-refractivity contribution in [3.63, 3.8) is 0 Å². The normalized spacial score (nSPS) is 21.5. The van der Waals surface area contributed by atoms with Crippen LogP contribution < -0.4 is 0 Å². The van der Waals surface area contributed by atoms with Gasteiger partial charge < -0.3 is 9.42 Å². The maximum Gasteiger partial charge on any atom is 0.249 e. The Bertz CT molecular complexity index is 724. The van der Waals surface area contributed by atoms with Crippen LogP contribution in [0.15, 0.2) is 28.8 Å². The van der Waals surface area contributed by atoms with Crippen molar-refractivity contribution in [3.05, 3.63) is 36.0 Å². The molecule has 2 aromatic rings. The summed E-state index contributed by atoms with van der Waals surface area (Å²) in [5.41, 5.74) is 0.707. The molecule has 24 heavy (non-hydrogen) atoms. The highest BCUT2D eigenvalue weighted by molar-refractivity contribution is 5.80. The zero-order valence-corrected chi connectivity index (χ0v) is 13.4. The van der Waals surface area contributed by atoms with Gasteiger partial charge in [-0.1, -0.05) is 11.6 Å². The summed E-state index contributed by atoms with van der Waals surface area (Å²) in [6, 6.07) is 5.87. The molecule has 1 aromatic carbocycles. The fraction of sp³-hybridized carbons (Fsp3) is 0.500. The van der Waals surface area contributed by atoms with Gasteiger partial charge in [-0.15, -0.1) is 0 Å². The Hall–Kier alpha value is -2.24. The third kappa shape index (κ3) is 2.81. The van der Waals surface area contributed by atoms with Crippen LogP contribution in [0.25, 0.3) is 11.4 Å². The molecule has 4 rings (SSSR count). The van der Waals surface area contributed by atoms with Crippen LogP contribution in [-0.4, -0.2) is 27.5 Å². The Balaban J connectivity index is 1.57.